The second-order valence-electron chi connectivity index (χ2n) is 7.99. The molecule has 1 atom stereocenters. The van der Waals surface area contributed by atoms with Crippen LogP contribution in [0.15, 0.2) is 29.3 Å². The van der Waals surface area contributed by atoms with Gasteiger partial charge in [-0.15, -0.1) is 24.0 Å². The third kappa shape index (κ3) is 6.72. The SMILES string of the molecule is CCNC(=NCCN(C)CCOC)NC1CC2(CCCC2)Oc2ccccc21.I. The molecule has 1 aliphatic heterocycles. The zero-order valence-electron chi connectivity index (χ0n) is 18.1. The number of likely N-dealkylation sites (N-methyl/N-ethyl adjacent to an activating group) is 1. The maximum Gasteiger partial charge on any atom is 0.191 e. The van der Waals surface area contributed by atoms with Gasteiger partial charge < -0.3 is 25.0 Å². The summed E-state index contributed by atoms with van der Waals surface area (Å²) in [6.07, 6.45) is 5.82. The predicted octanol–water partition coefficient (Wildman–Crippen LogP) is 3.57. The number of hydrogen-bond donors (Lipinski definition) is 2. The van der Waals surface area contributed by atoms with Crippen LogP contribution in [-0.4, -0.2) is 63.4 Å². The summed E-state index contributed by atoms with van der Waals surface area (Å²) in [5, 5.41) is 7.11. The minimum absolute atomic E-state index is 0. The number of hydrogen-bond acceptors (Lipinski definition) is 4. The van der Waals surface area contributed by atoms with E-state index in [9.17, 15) is 0 Å². The van der Waals surface area contributed by atoms with Crippen LogP contribution in [0.2, 0.25) is 0 Å². The number of halogens is 1. The van der Waals surface area contributed by atoms with Gasteiger partial charge in [0.2, 0.25) is 0 Å². The standard InChI is InChI=1S/C22H36N4O2.HI/c1-4-23-21(24-13-14-26(2)15-16-27-3)25-19-17-22(11-7-8-12-22)28-20-10-6-5-9-18(19)20;/h5-6,9-10,19H,4,7-8,11-17H2,1-3H3,(H2,23,24,25);1H. The van der Waals surface area contributed by atoms with Crippen LogP contribution in [0, 0.1) is 0 Å². The third-order valence-electron chi connectivity index (χ3n) is 5.80. The van der Waals surface area contributed by atoms with Crippen LogP contribution in [0.4, 0.5) is 0 Å². The van der Waals surface area contributed by atoms with Gasteiger partial charge in [-0.05, 0) is 45.7 Å². The van der Waals surface area contributed by atoms with Crippen molar-refractivity contribution in [2.75, 3.05) is 46.9 Å². The first kappa shape index (κ1) is 24.2. The summed E-state index contributed by atoms with van der Waals surface area (Å²) < 4.78 is 11.6. The molecule has 0 amide bonds. The van der Waals surface area contributed by atoms with Gasteiger partial charge in [0.15, 0.2) is 5.96 Å². The van der Waals surface area contributed by atoms with E-state index in [1.54, 1.807) is 7.11 Å². The van der Waals surface area contributed by atoms with Crippen LogP contribution >= 0.6 is 24.0 Å². The lowest BCUT2D eigenvalue weighted by atomic mass is 9.86. The number of ether oxygens (including phenoxy) is 2. The van der Waals surface area contributed by atoms with Crippen molar-refractivity contribution in [2.24, 2.45) is 4.99 Å². The Morgan fingerprint density at radius 1 is 1.28 bits per heavy atom. The maximum absolute atomic E-state index is 6.48. The number of methoxy groups -OCH3 is 1. The monoisotopic (exact) mass is 516 g/mol. The van der Waals surface area contributed by atoms with E-state index in [0.717, 1.165) is 63.8 Å². The lowest BCUT2D eigenvalue weighted by Gasteiger charge is -2.40. The maximum atomic E-state index is 6.48. The fraction of sp³-hybridized carbons (Fsp3) is 0.682. The number of nitrogens with one attached hydrogen (secondary N) is 2. The number of guanidine groups is 1. The molecule has 2 aliphatic rings. The molecule has 3 rings (SSSR count). The number of fused-ring (bicyclic) bond motifs is 1. The predicted molar refractivity (Wildman–Crippen MR) is 130 cm³/mol. The Labute approximate surface area is 192 Å². The fourth-order valence-electron chi connectivity index (χ4n) is 4.25. The zero-order chi connectivity index (χ0) is 19.8. The molecule has 0 aromatic heterocycles. The molecule has 0 saturated heterocycles. The first-order valence-electron chi connectivity index (χ1n) is 10.7. The van der Waals surface area contributed by atoms with E-state index >= 15 is 0 Å². The number of rotatable bonds is 8. The summed E-state index contributed by atoms with van der Waals surface area (Å²) in [4.78, 5) is 7.06. The lowest BCUT2D eigenvalue weighted by Crippen LogP contribution is -2.46. The van der Waals surface area contributed by atoms with Gasteiger partial charge in [0, 0.05) is 38.7 Å². The molecule has 1 aromatic carbocycles. The van der Waals surface area contributed by atoms with E-state index in [1.807, 2.05) is 0 Å². The van der Waals surface area contributed by atoms with E-state index in [1.165, 1.54) is 18.4 Å². The molecule has 1 fully saturated rings. The molecule has 1 saturated carbocycles. The molecule has 1 aromatic rings. The van der Waals surface area contributed by atoms with Crippen molar-refractivity contribution in [1.29, 1.82) is 0 Å². The Morgan fingerprint density at radius 2 is 2.03 bits per heavy atom. The Morgan fingerprint density at radius 3 is 2.76 bits per heavy atom. The van der Waals surface area contributed by atoms with Crippen molar-refractivity contribution in [1.82, 2.24) is 15.5 Å². The van der Waals surface area contributed by atoms with Gasteiger partial charge in [0.05, 0.1) is 19.2 Å². The van der Waals surface area contributed by atoms with Gasteiger partial charge in [0.25, 0.3) is 0 Å². The van der Waals surface area contributed by atoms with Gasteiger partial charge in [-0.3, -0.25) is 4.99 Å². The van der Waals surface area contributed by atoms with Crippen molar-refractivity contribution in [2.45, 2.75) is 50.7 Å². The van der Waals surface area contributed by atoms with Crippen LogP contribution in [0.5, 0.6) is 5.75 Å². The number of aliphatic imine (C=N–C) groups is 1. The molecule has 1 unspecified atom stereocenters. The van der Waals surface area contributed by atoms with Gasteiger partial charge in [0.1, 0.15) is 11.4 Å². The molecule has 0 bridgehead atoms. The average Bonchev–Trinajstić information content (AvgIpc) is 3.13. The Bertz CT molecular complexity index is 649. The van der Waals surface area contributed by atoms with Crippen LogP contribution < -0.4 is 15.4 Å². The number of nitrogens with zero attached hydrogens (tertiary/aromatic N) is 2. The van der Waals surface area contributed by atoms with Crippen molar-refractivity contribution in [3.8, 4) is 5.75 Å². The molecular formula is C22H37IN4O2. The second kappa shape index (κ2) is 12.0. The quantitative estimate of drug-likeness (QED) is 0.315. The summed E-state index contributed by atoms with van der Waals surface area (Å²) in [6, 6.07) is 8.68. The Hall–Kier alpha value is -1.06. The summed E-state index contributed by atoms with van der Waals surface area (Å²) in [6.45, 7) is 6.30. The van der Waals surface area contributed by atoms with E-state index in [4.69, 9.17) is 14.5 Å². The summed E-state index contributed by atoms with van der Waals surface area (Å²) in [5.74, 6) is 1.92. The van der Waals surface area contributed by atoms with Gasteiger partial charge in [-0.1, -0.05) is 18.2 Å². The molecule has 164 valence electrons. The van der Waals surface area contributed by atoms with Gasteiger partial charge in [-0.25, -0.2) is 0 Å². The highest BCUT2D eigenvalue weighted by atomic mass is 127. The molecular weight excluding hydrogens is 479 g/mol. The molecule has 7 heteroatoms. The topological polar surface area (TPSA) is 58.1 Å². The van der Waals surface area contributed by atoms with Crippen molar-refractivity contribution in [3.63, 3.8) is 0 Å². The molecule has 29 heavy (non-hydrogen) atoms. The largest absolute Gasteiger partial charge is 0.487 e. The molecule has 1 spiro atoms. The van der Waals surface area contributed by atoms with E-state index in [-0.39, 0.29) is 35.6 Å². The Balaban J connectivity index is 0.00000300. The highest BCUT2D eigenvalue weighted by Gasteiger charge is 2.43. The van der Waals surface area contributed by atoms with Gasteiger partial charge >= 0.3 is 0 Å². The summed E-state index contributed by atoms with van der Waals surface area (Å²) in [5.41, 5.74) is 1.23. The molecule has 2 N–H and O–H groups in total. The van der Waals surface area contributed by atoms with E-state index in [2.05, 4.69) is 53.8 Å². The summed E-state index contributed by atoms with van der Waals surface area (Å²) >= 11 is 0. The first-order chi connectivity index (χ1) is 13.7. The minimum Gasteiger partial charge on any atom is -0.487 e. The minimum atomic E-state index is -0.0102. The average molecular weight is 516 g/mol. The smallest absolute Gasteiger partial charge is 0.191 e. The normalized spacial score (nSPS) is 20.1. The molecule has 6 nitrogen and oxygen atoms in total. The van der Waals surface area contributed by atoms with Crippen LogP contribution in [0.3, 0.4) is 0 Å². The van der Waals surface area contributed by atoms with Crippen LogP contribution in [0.25, 0.3) is 0 Å². The third-order valence-corrected chi connectivity index (χ3v) is 5.80. The van der Waals surface area contributed by atoms with E-state index < -0.39 is 0 Å². The van der Waals surface area contributed by atoms with Crippen LogP contribution in [-0.2, 0) is 4.74 Å². The van der Waals surface area contributed by atoms with Crippen LogP contribution in [0.1, 0.15) is 50.6 Å². The lowest BCUT2D eigenvalue weighted by molar-refractivity contribution is 0.0396. The highest BCUT2D eigenvalue weighted by molar-refractivity contribution is 14.0. The summed E-state index contributed by atoms with van der Waals surface area (Å²) in [7, 11) is 3.84. The van der Waals surface area contributed by atoms with Crippen molar-refractivity contribution < 1.29 is 9.47 Å². The second-order valence-corrected chi connectivity index (χ2v) is 7.99. The van der Waals surface area contributed by atoms with E-state index in [0.29, 0.717) is 0 Å². The number of benzene rings is 1. The zero-order valence-corrected chi connectivity index (χ0v) is 20.4. The Kier molecular flexibility index (Phi) is 9.98. The molecule has 0 radical (unpaired) electrons. The highest BCUT2D eigenvalue weighted by Crippen LogP contribution is 2.46. The van der Waals surface area contributed by atoms with Gasteiger partial charge in [-0.2, -0.15) is 0 Å². The molecule has 1 aliphatic carbocycles. The van der Waals surface area contributed by atoms with Crippen molar-refractivity contribution in [3.05, 3.63) is 29.8 Å². The fourth-order valence-corrected chi connectivity index (χ4v) is 4.25. The first-order valence-corrected chi connectivity index (χ1v) is 10.7. The van der Waals surface area contributed by atoms with Crippen molar-refractivity contribution >= 4 is 29.9 Å². The molecule has 1 heterocycles. The number of para-hydroxylation sites is 1.